The van der Waals surface area contributed by atoms with Gasteiger partial charge in [0.15, 0.2) is 0 Å². The van der Waals surface area contributed by atoms with Crippen molar-refractivity contribution in [2.45, 2.75) is 31.2 Å². The van der Waals surface area contributed by atoms with E-state index in [0.717, 1.165) is 19.0 Å². The summed E-state index contributed by atoms with van der Waals surface area (Å²) < 4.78 is 0. The molecule has 3 heteroatoms. The van der Waals surface area contributed by atoms with E-state index in [2.05, 4.69) is 54.6 Å². The van der Waals surface area contributed by atoms with Gasteiger partial charge < -0.3 is 5.32 Å². The highest BCUT2D eigenvalue weighted by Crippen LogP contribution is 2.29. The first kappa shape index (κ1) is 14.9. The summed E-state index contributed by atoms with van der Waals surface area (Å²) in [5.41, 5.74) is 1.48. The van der Waals surface area contributed by atoms with Gasteiger partial charge in [-0.15, -0.1) is 11.8 Å². The van der Waals surface area contributed by atoms with E-state index in [-0.39, 0.29) is 0 Å². The quantitative estimate of drug-likeness (QED) is 0.831. The van der Waals surface area contributed by atoms with Crippen molar-refractivity contribution in [2.75, 3.05) is 32.4 Å². The van der Waals surface area contributed by atoms with E-state index in [1.807, 2.05) is 11.8 Å². The zero-order valence-electron chi connectivity index (χ0n) is 12.4. The van der Waals surface area contributed by atoms with Crippen molar-refractivity contribution < 1.29 is 0 Å². The standard InChI is InChI=1S/C16H26N2S/c1-13(2)12-16(18-10-8-17-9-11-18)14-4-6-15(19-3)7-5-14/h4-7,13,16-17H,8-12H2,1-3H3/t16-/m1/s1. The number of benzene rings is 1. The summed E-state index contributed by atoms with van der Waals surface area (Å²) in [4.78, 5) is 4.00. The largest absolute Gasteiger partial charge is 0.314 e. The minimum atomic E-state index is 0.581. The molecule has 2 nitrogen and oxygen atoms in total. The average Bonchev–Trinajstić information content (AvgIpc) is 2.46. The van der Waals surface area contributed by atoms with Crippen LogP contribution in [0.25, 0.3) is 0 Å². The summed E-state index contributed by atoms with van der Waals surface area (Å²) in [6, 6.07) is 9.74. The molecule has 0 amide bonds. The maximum atomic E-state index is 3.45. The number of piperazine rings is 1. The van der Waals surface area contributed by atoms with Gasteiger partial charge in [-0.3, -0.25) is 4.90 Å². The van der Waals surface area contributed by atoms with Crippen LogP contribution in [0.3, 0.4) is 0 Å². The molecule has 0 radical (unpaired) electrons. The fraction of sp³-hybridized carbons (Fsp3) is 0.625. The van der Waals surface area contributed by atoms with Crippen LogP contribution >= 0.6 is 11.8 Å². The lowest BCUT2D eigenvalue weighted by Crippen LogP contribution is -2.45. The molecule has 1 aromatic rings. The molecule has 1 aliphatic heterocycles. The van der Waals surface area contributed by atoms with Crippen LogP contribution in [0.1, 0.15) is 31.9 Å². The van der Waals surface area contributed by atoms with Gasteiger partial charge in [-0.2, -0.15) is 0 Å². The van der Waals surface area contributed by atoms with Crippen LogP contribution in [-0.4, -0.2) is 37.3 Å². The summed E-state index contributed by atoms with van der Waals surface area (Å²) in [6.45, 7) is 9.23. The Morgan fingerprint density at radius 1 is 1.16 bits per heavy atom. The molecule has 2 rings (SSSR count). The predicted octanol–water partition coefficient (Wildman–Crippen LogP) is 3.40. The Labute approximate surface area is 122 Å². The van der Waals surface area contributed by atoms with Gasteiger partial charge in [0.05, 0.1) is 0 Å². The Hall–Kier alpha value is -0.510. The minimum Gasteiger partial charge on any atom is -0.314 e. The molecule has 1 fully saturated rings. The Morgan fingerprint density at radius 2 is 1.79 bits per heavy atom. The SMILES string of the molecule is CSc1ccc([C@@H](CC(C)C)N2CCNCC2)cc1. The molecule has 0 aliphatic carbocycles. The fourth-order valence-electron chi connectivity index (χ4n) is 2.76. The molecule has 1 N–H and O–H groups in total. The Kier molecular flexibility index (Phi) is 5.74. The normalized spacial score (nSPS) is 18.7. The van der Waals surface area contributed by atoms with E-state index in [9.17, 15) is 0 Å². The number of rotatable bonds is 5. The van der Waals surface area contributed by atoms with E-state index in [1.165, 1.54) is 30.0 Å². The van der Waals surface area contributed by atoms with E-state index in [1.54, 1.807) is 0 Å². The lowest BCUT2D eigenvalue weighted by Gasteiger charge is -2.36. The predicted molar refractivity (Wildman–Crippen MR) is 84.9 cm³/mol. The van der Waals surface area contributed by atoms with E-state index < -0.39 is 0 Å². The van der Waals surface area contributed by atoms with Gasteiger partial charge in [-0.05, 0) is 36.3 Å². The van der Waals surface area contributed by atoms with Crippen LogP contribution in [-0.2, 0) is 0 Å². The summed E-state index contributed by atoms with van der Waals surface area (Å²) in [7, 11) is 0. The van der Waals surface area contributed by atoms with E-state index in [0.29, 0.717) is 6.04 Å². The number of nitrogens with one attached hydrogen (secondary N) is 1. The van der Waals surface area contributed by atoms with Crippen LogP contribution in [0.2, 0.25) is 0 Å². The second-order valence-corrected chi connectivity index (χ2v) is 6.58. The molecule has 19 heavy (non-hydrogen) atoms. The van der Waals surface area contributed by atoms with Crippen molar-refractivity contribution in [2.24, 2.45) is 5.92 Å². The highest BCUT2D eigenvalue weighted by Gasteiger charge is 2.22. The van der Waals surface area contributed by atoms with Gasteiger partial charge in [0, 0.05) is 37.1 Å². The average molecular weight is 278 g/mol. The van der Waals surface area contributed by atoms with Crippen molar-refractivity contribution in [1.29, 1.82) is 0 Å². The lowest BCUT2D eigenvalue weighted by molar-refractivity contribution is 0.154. The van der Waals surface area contributed by atoms with Crippen LogP contribution in [0.15, 0.2) is 29.2 Å². The van der Waals surface area contributed by atoms with Crippen molar-refractivity contribution in [1.82, 2.24) is 10.2 Å². The van der Waals surface area contributed by atoms with Crippen molar-refractivity contribution >= 4 is 11.8 Å². The lowest BCUT2D eigenvalue weighted by atomic mass is 9.95. The number of nitrogens with zero attached hydrogens (tertiary/aromatic N) is 1. The molecule has 1 aliphatic rings. The zero-order chi connectivity index (χ0) is 13.7. The summed E-state index contributed by atoms with van der Waals surface area (Å²) in [5, 5.41) is 3.45. The maximum Gasteiger partial charge on any atom is 0.0351 e. The summed E-state index contributed by atoms with van der Waals surface area (Å²) >= 11 is 1.82. The van der Waals surface area contributed by atoms with Crippen molar-refractivity contribution in [3.05, 3.63) is 29.8 Å². The van der Waals surface area contributed by atoms with E-state index in [4.69, 9.17) is 0 Å². The van der Waals surface area contributed by atoms with Crippen LogP contribution in [0.4, 0.5) is 0 Å². The molecule has 1 heterocycles. The van der Waals surface area contributed by atoms with Crippen LogP contribution < -0.4 is 5.32 Å². The molecular weight excluding hydrogens is 252 g/mol. The molecule has 106 valence electrons. The third-order valence-corrected chi connectivity index (χ3v) is 4.53. The van der Waals surface area contributed by atoms with Crippen molar-refractivity contribution in [3.8, 4) is 0 Å². The molecule has 1 atom stereocenters. The number of hydrogen-bond donors (Lipinski definition) is 1. The van der Waals surface area contributed by atoms with Gasteiger partial charge in [0.1, 0.15) is 0 Å². The van der Waals surface area contributed by atoms with Gasteiger partial charge >= 0.3 is 0 Å². The summed E-state index contributed by atoms with van der Waals surface area (Å²) in [6.07, 6.45) is 3.38. The second kappa shape index (κ2) is 7.32. The van der Waals surface area contributed by atoms with Gasteiger partial charge in [0.2, 0.25) is 0 Å². The molecule has 0 aromatic heterocycles. The fourth-order valence-corrected chi connectivity index (χ4v) is 3.17. The van der Waals surface area contributed by atoms with Crippen molar-refractivity contribution in [3.63, 3.8) is 0 Å². The highest BCUT2D eigenvalue weighted by molar-refractivity contribution is 7.98. The van der Waals surface area contributed by atoms with E-state index >= 15 is 0 Å². The summed E-state index contributed by atoms with van der Waals surface area (Å²) in [5.74, 6) is 0.736. The number of thioether (sulfide) groups is 1. The van der Waals surface area contributed by atoms with Crippen LogP contribution in [0.5, 0.6) is 0 Å². The topological polar surface area (TPSA) is 15.3 Å². The minimum absolute atomic E-state index is 0.581. The molecule has 1 saturated heterocycles. The molecule has 1 aromatic carbocycles. The molecule has 0 bridgehead atoms. The third-order valence-electron chi connectivity index (χ3n) is 3.79. The zero-order valence-corrected chi connectivity index (χ0v) is 13.2. The Bertz CT molecular complexity index is 369. The first-order valence-corrected chi connectivity index (χ1v) is 8.52. The smallest absolute Gasteiger partial charge is 0.0351 e. The van der Waals surface area contributed by atoms with Crippen LogP contribution in [0, 0.1) is 5.92 Å². The first-order chi connectivity index (χ1) is 9.20. The van der Waals surface area contributed by atoms with Gasteiger partial charge in [-0.1, -0.05) is 26.0 Å². The monoisotopic (exact) mass is 278 g/mol. The molecular formula is C16H26N2S. The highest BCUT2D eigenvalue weighted by atomic mass is 32.2. The molecule has 0 saturated carbocycles. The second-order valence-electron chi connectivity index (χ2n) is 5.70. The maximum absolute atomic E-state index is 3.45. The number of hydrogen-bond acceptors (Lipinski definition) is 3. The molecule has 0 unspecified atom stereocenters. The Morgan fingerprint density at radius 3 is 2.32 bits per heavy atom. The third kappa shape index (κ3) is 4.23. The first-order valence-electron chi connectivity index (χ1n) is 7.29. The Balaban J connectivity index is 2.14. The van der Waals surface area contributed by atoms with Gasteiger partial charge in [0.25, 0.3) is 0 Å². The van der Waals surface area contributed by atoms with Gasteiger partial charge in [-0.25, -0.2) is 0 Å². The molecule has 0 spiro atoms.